The summed E-state index contributed by atoms with van der Waals surface area (Å²) >= 11 is 5.83. The molecule has 5 heteroatoms. The van der Waals surface area contributed by atoms with Crippen LogP contribution in [0.4, 0.5) is 5.69 Å². The summed E-state index contributed by atoms with van der Waals surface area (Å²) in [5.74, 6) is -0.149. The second-order valence-corrected chi connectivity index (χ2v) is 6.60. The number of hydrogen-bond acceptors (Lipinski definition) is 3. The van der Waals surface area contributed by atoms with Crippen LogP contribution in [0.5, 0.6) is 0 Å². The van der Waals surface area contributed by atoms with E-state index in [0.717, 1.165) is 38.2 Å². The van der Waals surface area contributed by atoms with Crippen molar-refractivity contribution in [1.29, 1.82) is 0 Å². The van der Waals surface area contributed by atoms with Crippen LogP contribution in [0.2, 0.25) is 5.02 Å². The molecule has 0 aromatic heterocycles. The molecule has 3 rings (SSSR count). The number of nitrogens with zero attached hydrogens (tertiary/aromatic N) is 1. The van der Waals surface area contributed by atoms with Crippen molar-refractivity contribution in [3.05, 3.63) is 64.7 Å². The van der Waals surface area contributed by atoms with Gasteiger partial charge in [0.05, 0.1) is 6.10 Å². The van der Waals surface area contributed by atoms with Gasteiger partial charge in [0.15, 0.2) is 0 Å². The summed E-state index contributed by atoms with van der Waals surface area (Å²) in [7, 11) is 0. The highest BCUT2D eigenvalue weighted by molar-refractivity contribution is 6.30. The Morgan fingerprint density at radius 3 is 2.33 bits per heavy atom. The monoisotopic (exact) mass is 344 g/mol. The van der Waals surface area contributed by atoms with Crippen LogP contribution in [0, 0.1) is 0 Å². The number of amides is 1. The van der Waals surface area contributed by atoms with Gasteiger partial charge >= 0.3 is 0 Å². The standard InChI is InChI=1S/C19H21ClN2O2/c20-16-5-3-15(4-6-16)19(24)21-17-7-1-14(2-8-17)13-22-11-9-18(23)10-12-22/h1-8,18,23H,9-13H2,(H,21,24). The topological polar surface area (TPSA) is 52.6 Å². The SMILES string of the molecule is O=C(Nc1ccc(CN2CCC(O)CC2)cc1)c1ccc(Cl)cc1. The number of halogens is 1. The first kappa shape index (κ1) is 17.0. The van der Waals surface area contributed by atoms with E-state index >= 15 is 0 Å². The molecule has 2 aromatic carbocycles. The van der Waals surface area contributed by atoms with Crippen LogP contribution >= 0.6 is 11.6 Å². The molecule has 0 radical (unpaired) electrons. The van der Waals surface area contributed by atoms with E-state index in [9.17, 15) is 9.90 Å². The maximum absolute atomic E-state index is 12.2. The molecule has 1 aliphatic heterocycles. The molecular weight excluding hydrogens is 324 g/mol. The Hall–Kier alpha value is -1.88. The van der Waals surface area contributed by atoms with E-state index in [1.807, 2.05) is 24.3 Å². The van der Waals surface area contributed by atoms with E-state index < -0.39 is 0 Å². The molecule has 1 aliphatic rings. The fraction of sp³-hybridized carbons (Fsp3) is 0.316. The molecule has 2 N–H and O–H groups in total. The molecule has 1 fully saturated rings. The highest BCUT2D eigenvalue weighted by Gasteiger charge is 2.16. The minimum Gasteiger partial charge on any atom is -0.393 e. The number of aliphatic hydroxyl groups is 1. The molecule has 1 saturated heterocycles. The van der Waals surface area contributed by atoms with Gasteiger partial charge in [0, 0.05) is 35.9 Å². The lowest BCUT2D eigenvalue weighted by molar-refractivity contribution is 0.0792. The van der Waals surface area contributed by atoms with Crippen LogP contribution in [0.3, 0.4) is 0 Å². The molecule has 24 heavy (non-hydrogen) atoms. The summed E-state index contributed by atoms with van der Waals surface area (Å²) in [6.45, 7) is 2.73. The number of rotatable bonds is 4. The van der Waals surface area contributed by atoms with Gasteiger partial charge in [0.2, 0.25) is 0 Å². The number of anilines is 1. The number of carbonyl (C=O) groups is 1. The van der Waals surface area contributed by atoms with E-state index in [-0.39, 0.29) is 12.0 Å². The number of aliphatic hydroxyl groups excluding tert-OH is 1. The summed E-state index contributed by atoms with van der Waals surface area (Å²) in [4.78, 5) is 14.5. The smallest absolute Gasteiger partial charge is 0.255 e. The highest BCUT2D eigenvalue weighted by Crippen LogP contribution is 2.17. The Morgan fingerprint density at radius 1 is 1.08 bits per heavy atom. The normalized spacial score (nSPS) is 16.1. The van der Waals surface area contributed by atoms with Crippen LogP contribution < -0.4 is 5.32 Å². The van der Waals surface area contributed by atoms with Crippen LogP contribution in [0.1, 0.15) is 28.8 Å². The maximum Gasteiger partial charge on any atom is 0.255 e. The van der Waals surface area contributed by atoms with E-state index in [2.05, 4.69) is 10.2 Å². The summed E-state index contributed by atoms with van der Waals surface area (Å²) in [6.07, 6.45) is 1.54. The van der Waals surface area contributed by atoms with E-state index in [1.165, 1.54) is 5.56 Å². The molecule has 0 spiro atoms. The third-order valence-corrected chi connectivity index (χ3v) is 4.53. The van der Waals surface area contributed by atoms with Crippen molar-refractivity contribution < 1.29 is 9.90 Å². The van der Waals surface area contributed by atoms with Crippen molar-refractivity contribution in [2.75, 3.05) is 18.4 Å². The highest BCUT2D eigenvalue weighted by atomic mass is 35.5. The summed E-state index contributed by atoms with van der Waals surface area (Å²) in [6, 6.07) is 14.7. The van der Waals surface area contributed by atoms with Crippen molar-refractivity contribution in [2.45, 2.75) is 25.5 Å². The molecular formula is C19H21ClN2O2. The number of piperidine rings is 1. The fourth-order valence-electron chi connectivity index (χ4n) is 2.83. The maximum atomic E-state index is 12.2. The van der Waals surface area contributed by atoms with Gasteiger partial charge in [0.25, 0.3) is 5.91 Å². The lowest BCUT2D eigenvalue weighted by atomic mass is 10.1. The first-order chi connectivity index (χ1) is 11.6. The first-order valence-corrected chi connectivity index (χ1v) is 8.54. The molecule has 126 valence electrons. The lowest BCUT2D eigenvalue weighted by Crippen LogP contribution is -2.35. The van der Waals surface area contributed by atoms with E-state index in [4.69, 9.17) is 11.6 Å². The van der Waals surface area contributed by atoms with Crippen molar-refractivity contribution >= 4 is 23.2 Å². The third kappa shape index (κ3) is 4.57. The molecule has 0 bridgehead atoms. The van der Waals surface area contributed by atoms with Gasteiger partial charge in [-0.1, -0.05) is 23.7 Å². The van der Waals surface area contributed by atoms with Gasteiger partial charge in [-0.2, -0.15) is 0 Å². The summed E-state index contributed by atoms with van der Waals surface area (Å²) in [5.41, 5.74) is 2.55. The number of benzene rings is 2. The predicted octanol–water partition coefficient (Wildman–Crippen LogP) is 3.55. The van der Waals surface area contributed by atoms with Crippen molar-refractivity contribution in [3.63, 3.8) is 0 Å². The second kappa shape index (κ2) is 7.79. The summed E-state index contributed by atoms with van der Waals surface area (Å²) in [5, 5.41) is 13.0. The Labute approximate surface area is 147 Å². The molecule has 0 atom stereocenters. The molecule has 0 saturated carbocycles. The molecule has 4 nitrogen and oxygen atoms in total. The number of likely N-dealkylation sites (tertiary alicyclic amines) is 1. The second-order valence-electron chi connectivity index (χ2n) is 6.17. The van der Waals surface area contributed by atoms with E-state index in [1.54, 1.807) is 24.3 Å². The Morgan fingerprint density at radius 2 is 1.71 bits per heavy atom. The van der Waals surface area contributed by atoms with Crippen LogP contribution in [0.15, 0.2) is 48.5 Å². The Bertz CT molecular complexity index is 678. The van der Waals surface area contributed by atoms with Gasteiger partial charge in [-0.15, -0.1) is 0 Å². The molecule has 1 heterocycles. The largest absolute Gasteiger partial charge is 0.393 e. The predicted molar refractivity (Wildman–Crippen MR) is 96.4 cm³/mol. The average Bonchev–Trinajstić information content (AvgIpc) is 2.59. The van der Waals surface area contributed by atoms with Gasteiger partial charge in [-0.3, -0.25) is 9.69 Å². The van der Waals surface area contributed by atoms with Crippen molar-refractivity contribution in [3.8, 4) is 0 Å². The van der Waals surface area contributed by atoms with Gasteiger partial charge in [-0.05, 0) is 54.8 Å². The number of nitrogens with one attached hydrogen (secondary N) is 1. The molecule has 2 aromatic rings. The van der Waals surface area contributed by atoms with Crippen molar-refractivity contribution in [2.24, 2.45) is 0 Å². The average molecular weight is 345 g/mol. The number of hydrogen-bond donors (Lipinski definition) is 2. The minimum atomic E-state index is -0.149. The van der Waals surface area contributed by atoms with Gasteiger partial charge in [0.1, 0.15) is 0 Å². The molecule has 1 amide bonds. The van der Waals surface area contributed by atoms with E-state index in [0.29, 0.717) is 10.6 Å². The van der Waals surface area contributed by atoms with Gasteiger partial charge < -0.3 is 10.4 Å². The quantitative estimate of drug-likeness (QED) is 0.891. The minimum absolute atomic E-state index is 0.147. The Kier molecular flexibility index (Phi) is 5.51. The number of carbonyl (C=O) groups excluding carboxylic acids is 1. The van der Waals surface area contributed by atoms with Crippen LogP contribution in [-0.2, 0) is 6.54 Å². The molecule has 0 aliphatic carbocycles. The van der Waals surface area contributed by atoms with Crippen molar-refractivity contribution in [1.82, 2.24) is 4.90 Å². The van der Waals surface area contributed by atoms with Gasteiger partial charge in [-0.25, -0.2) is 0 Å². The fourth-order valence-corrected chi connectivity index (χ4v) is 2.96. The Balaban J connectivity index is 1.56. The first-order valence-electron chi connectivity index (χ1n) is 8.16. The third-order valence-electron chi connectivity index (χ3n) is 4.28. The lowest BCUT2D eigenvalue weighted by Gasteiger charge is -2.29. The zero-order valence-corrected chi connectivity index (χ0v) is 14.2. The van der Waals surface area contributed by atoms with Crippen LogP contribution in [-0.4, -0.2) is 35.1 Å². The zero-order valence-electron chi connectivity index (χ0n) is 13.4. The zero-order chi connectivity index (χ0) is 16.9. The van der Waals surface area contributed by atoms with Crippen LogP contribution in [0.25, 0.3) is 0 Å². The summed E-state index contributed by atoms with van der Waals surface area (Å²) < 4.78 is 0. The molecule has 0 unspecified atom stereocenters.